The third kappa shape index (κ3) is 9.57. The molecule has 0 aliphatic rings. The van der Waals surface area contributed by atoms with E-state index >= 15 is 0 Å². The van der Waals surface area contributed by atoms with Gasteiger partial charge in [0.15, 0.2) is 0 Å². The molecular weight excluding hydrogens is 210 g/mol. The fraction of sp³-hybridized carbons (Fsp3) is 1.00. The van der Waals surface area contributed by atoms with Crippen molar-refractivity contribution in [3.63, 3.8) is 0 Å². The van der Waals surface area contributed by atoms with E-state index in [1.807, 2.05) is 0 Å². The number of nitrogens with two attached hydrogens (primary N) is 1. The van der Waals surface area contributed by atoms with Crippen LogP contribution in [-0.4, -0.2) is 56.1 Å². The first kappa shape index (κ1) is 16.9. The summed E-state index contributed by atoms with van der Waals surface area (Å²) in [6.45, 7) is 9.01. The van der Waals surface area contributed by atoms with Gasteiger partial charge in [0, 0.05) is 12.6 Å². The Bertz CT molecular complexity index is 160. The van der Waals surface area contributed by atoms with Crippen LogP contribution in [-0.2, 0) is 0 Å². The lowest BCUT2D eigenvalue weighted by Gasteiger charge is -2.29. The van der Waals surface area contributed by atoms with Gasteiger partial charge in [0.2, 0.25) is 0 Å². The maximum atomic E-state index is 5.49. The second kappa shape index (κ2) is 11.0. The van der Waals surface area contributed by atoms with Gasteiger partial charge in [0.05, 0.1) is 0 Å². The molecule has 104 valence electrons. The summed E-state index contributed by atoms with van der Waals surface area (Å²) in [6.07, 6.45) is 6.52. The molecule has 0 aliphatic heterocycles. The van der Waals surface area contributed by atoms with E-state index in [1.54, 1.807) is 0 Å². The zero-order chi connectivity index (χ0) is 13.1. The van der Waals surface area contributed by atoms with Gasteiger partial charge in [-0.25, -0.2) is 0 Å². The number of hydrogen-bond acceptors (Lipinski definition) is 3. The normalized spacial score (nSPS) is 13.6. The Balaban J connectivity index is 3.60. The summed E-state index contributed by atoms with van der Waals surface area (Å²) in [5.74, 6) is 0. The molecule has 0 spiro atoms. The van der Waals surface area contributed by atoms with Gasteiger partial charge in [0.25, 0.3) is 0 Å². The molecule has 0 aliphatic carbocycles. The van der Waals surface area contributed by atoms with Crippen LogP contribution in [0.3, 0.4) is 0 Å². The van der Waals surface area contributed by atoms with Crippen molar-refractivity contribution >= 4 is 0 Å². The lowest BCUT2D eigenvalue weighted by Crippen LogP contribution is -2.40. The van der Waals surface area contributed by atoms with E-state index in [4.69, 9.17) is 5.73 Å². The Labute approximate surface area is 108 Å². The SMILES string of the molecule is CCN(CCCCCCCN)C(C)CN(C)C. The third-order valence-electron chi connectivity index (χ3n) is 3.31. The molecule has 3 nitrogen and oxygen atoms in total. The predicted octanol–water partition coefficient (Wildman–Crippen LogP) is 2.17. The van der Waals surface area contributed by atoms with Crippen molar-refractivity contribution < 1.29 is 0 Å². The fourth-order valence-electron chi connectivity index (χ4n) is 2.32. The summed E-state index contributed by atoms with van der Waals surface area (Å²) < 4.78 is 0. The van der Waals surface area contributed by atoms with Crippen LogP contribution in [0.25, 0.3) is 0 Å². The maximum Gasteiger partial charge on any atom is 0.0194 e. The molecule has 0 saturated carbocycles. The minimum absolute atomic E-state index is 0.666. The van der Waals surface area contributed by atoms with Crippen molar-refractivity contribution in [1.82, 2.24) is 9.80 Å². The summed E-state index contributed by atoms with van der Waals surface area (Å²) >= 11 is 0. The van der Waals surface area contributed by atoms with E-state index < -0.39 is 0 Å². The van der Waals surface area contributed by atoms with Crippen LogP contribution in [0.2, 0.25) is 0 Å². The highest BCUT2D eigenvalue weighted by molar-refractivity contribution is 4.68. The molecule has 0 rings (SSSR count). The predicted molar refractivity (Wildman–Crippen MR) is 77.4 cm³/mol. The lowest BCUT2D eigenvalue weighted by molar-refractivity contribution is 0.178. The summed E-state index contributed by atoms with van der Waals surface area (Å²) in [7, 11) is 4.30. The molecule has 0 heterocycles. The zero-order valence-electron chi connectivity index (χ0n) is 12.4. The molecule has 0 saturated heterocycles. The standard InChI is InChI=1S/C14H33N3/c1-5-17(14(2)13-16(3)4)12-10-8-6-7-9-11-15/h14H,5-13,15H2,1-4H3. The van der Waals surface area contributed by atoms with Gasteiger partial charge in [-0.15, -0.1) is 0 Å². The Kier molecular flexibility index (Phi) is 10.9. The molecule has 0 radical (unpaired) electrons. The first-order valence-electron chi connectivity index (χ1n) is 7.20. The summed E-state index contributed by atoms with van der Waals surface area (Å²) in [4.78, 5) is 4.86. The van der Waals surface area contributed by atoms with Crippen molar-refractivity contribution in [2.24, 2.45) is 5.73 Å². The van der Waals surface area contributed by atoms with Crippen molar-refractivity contribution in [1.29, 1.82) is 0 Å². The minimum Gasteiger partial charge on any atom is -0.330 e. The molecule has 17 heavy (non-hydrogen) atoms. The lowest BCUT2D eigenvalue weighted by atomic mass is 10.1. The minimum atomic E-state index is 0.666. The zero-order valence-corrected chi connectivity index (χ0v) is 12.4. The monoisotopic (exact) mass is 243 g/mol. The number of unbranched alkanes of at least 4 members (excludes halogenated alkanes) is 4. The Hall–Kier alpha value is -0.120. The van der Waals surface area contributed by atoms with Crippen LogP contribution in [0.4, 0.5) is 0 Å². The van der Waals surface area contributed by atoms with Gasteiger partial charge in [-0.1, -0.05) is 26.2 Å². The van der Waals surface area contributed by atoms with Crippen molar-refractivity contribution in [2.45, 2.75) is 52.0 Å². The molecule has 2 N–H and O–H groups in total. The van der Waals surface area contributed by atoms with E-state index in [-0.39, 0.29) is 0 Å². The van der Waals surface area contributed by atoms with Crippen LogP contribution >= 0.6 is 0 Å². The van der Waals surface area contributed by atoms with Gasteiger partial charge in [-0.3, -0.25) is 4.90 Å². The fourth-order valence-corrected chi connectivity index (χ4v) is 2.32. The van der Waals surface area contributed by atoms with Crippen LogP contribution in [0.1, 0.15) is 46.0 Å². The van der Waals surface area contributed by atoms with Crippen LogP contribution in [0.15, 0.2) is 0 Å². The molecule has 0 aromatic rings. The van der Waals surface area contributed by atoms with E-state index in [0.29, 0.717) is 6.04 Å². The number of hydrogen-bond donors (Lipinski definition) is 1. The molecule has 0 fully saturated rings. The Morgan fingerprint density at radius 3 is 2.12 bits per heavy atom. The third-order valence-corrected chi connectivity index (χ3v) is 3.31. The van der Waals surface area contributed by atoms with Crippen LogP contribution < -0.4 is 5.73 Å². The number of nitrogens with zero attached hydrogens (tertiary/aromatic N) is 2. The topological polar surface area (TPSA) is 32.5 Å². The molecule has 0 amide bonds. The average molecular weight is 243 g/mol. The second-order valence-corrected chi connectivity index (χ2v) is 5.30. The molecule has 1 unspecified atom stereocenters. The van der Waals surface area contributed by atoms with Gasteiger partial charge >= 0.3 is 0 Å². The number of rotatable bonds is 11. The van der Waals surface area contributed by atoms with Crippen LogP contribution in [0, 0.1) is 0 Å². The molecule has 0 aromatic carbocycles. The summed E-state index contributed by atoms with van der Waals surface area (Å²) in [6, 6.07) is 0.666. The Morgan fingerprint density at radius 1 is 1.00 bits per heavy atom. The van der Waals surface area contributed by atoms with E-state index in [0.717, 1.165) is 19.6 Å². The summed E-state index contributed by atoms with van der Waals surface area (Å²) in [5.41, 5.74) is 5.49. The summed E-state index contributed by atoms with van der Waals surface area (Å²) in [5, 5.41) is 0. The van der Waals surface area contributed by atoms with Crippen LogP contribution in [0.5, 0.6) is 0 Å². The second-order valence-electron chi connectivity index (χ2n) is 5.30. The highest BCUT2D eigenvalue weighted by Crippen LogP contribution is 2.06. The quantitative estimate of drug-likeness (QED) is 0.565. The maximum absolute atomic E-state index is 5.49. The number of likely N-dealkylation sites (N-methyl/N-ethyl adjacent to an activating group) is 2. The van der Waals surface area contributed by atoms with E-state index in [2.05, 4.69) is 37.7 Å². The highest BCUT2D eigenvalue weighted by atomic mass is 15.2. The van der Waals surface area contributed by atoms with Crippen molar-refractivity contribution in [3.05, 3.63) is 0 Å². The Morgan fingerprint density at radius 2 is 1.59 bits per heavy atom. The molecular formula is C14H33N3. The van der Waals surface area contributed by atoms with Gasteiger partial charge < -0.3 is 10.6 Å². The molecule has 0 bridgehead atoms. The highest BCUT2D eigenvalue weighted by Gasteiger charge is 2.11. The average Bonchev–Trinajstić information content (AvgIpc) is 2.27. The molecule has 1 atom stereocenters. The largest absolute Gasteiger partial charge is 0.330 e. The first-order chi connectivity index (χ1) is 8.11. The first-order valence-corrected chi connectivity index (χ1v) is 7.20. The molecule has 3 heteroatoms. The smallest absolute Gasteiger partial charge is 0.0194 e. The van der Waals surface area contributed by atoms with Crippen molar-refractivity contribution in [2.75, 3.05) is 40.3 Å². The van der Waals surface area contributed by atoms with E-state index in [1.165, 1.54) is 38.6 Å². The van der Waals surface area contributed by atoms with E-state index in [9.17, 15) is 0 Å². The van der Waals surface area contributed by atoms with Crippen molar-refractivity contribution in [3.8, 4) is 0 Å². The van der Waals surface area contributed by atoms with Gasteiger partial charge in [-0.05, 0) is 53.5 Å². The molecule has 0 aromatic heterocycles. The van der Waals surface area contributed by atoms with Gasteiger partial charge in [0.1, 0.15) is 0 Å². The van der Waals surface area contributed by atoms with Gasteiger partial charge in [-0.2, -0.15) is 0 Å².